The number of nitrogens with zero attached hydrogens (tertiary/aromatic N) is 1. The Hall–Kier alpha value is -1.07. The van der Waals surface area contributed by atoms with Crippen molar-refractivity contribution in [2.45, 2.75) is 44.4 Å². The average Bonchev–Trinajstić information content (AvgIpc) is 2.46. The zero-order chi connectivity index (χ0) is 15.5. The van der Waals surface area contributed by atoms with Crippen molar-refractivity contribution in [2.24, 2.45) is 11.7 Å². The molecule has 0 bridgehead atoms. The van der Waals surface area contributed by atoms with Gasteiger partial charge in [-0.25, -0.2) is 0 Å². The maximum atomic E-state index is 12.7. The first-order valence-electron chi connectivity index (χ1n) is 7.48. The predicted octanol–water partition coefficient (Wildman–Crippen LogP) is 3.65. The SMILES string of the molecule is CN(Cc1cccc(C(F)(F)F)c1)C1CCCCC1CN. The summed E-state index contributed by atoms with van der Waals surface area (Å²) in [5.41, 5.74) is 5.96. The monoisotopic (exact) mass is 300 g/mol. The number of benzene rings is 1. The molecule has 0 aromatic heterocycles. The van der Waals surface area contributed by atoms with Crippen LogP contribution in [0.25, 0.3) is 0 Å². The van der Waals surface area contributed by atoms with Crippen LogP contribution in [0.2, 0.25) is 0 Å². The topological polar surface area (TPSA) is 29.3 Å². The molecule has 118 valence electrons. The molecule has 2 rings (SSSR count). The summed E-state index contributed by atoms with van der Waals surface area (Å²) in [6.45, 7) is 1.18. The molecule has 0 saturated heterocycles. The molecule has 5 heteroatoms. The van der Waals surface area contributed by atoms with Crippen LogP contribution in [-0.2, 0) is 12.7 Å². The molecular weight excluding hydrogens is 277 g/mol. The summed E-state index contributed by atoms with van der Waals surface area (Å²) in [7, 11) is 1.99. The second-order valence-corrected chi connectivity index (χ2v) is 5.96. The molecule has 0 aliphatic heterocycles. The third kappa shape index (κ3) is 4.20. The second kappa shape index (κ2) is 6.79. The lowest BCUT2D eigenvalue weighted by molar-refractivity contribution is -0.137. The zero-order valence-electron chi connectivity index (χ0n) is 12.4. The van der Waals surface area contributed by atoms with Gasteiger partial charge in [0.25, 0.3) is 0 Å². The minimum atomic E-state index is -4.28. The van der Waals surface area contributed by atoms with Gasteiger partial charge >= 0.3 is 6.18 Å². The summed E-state index contributed by atoms with van der Waals surface area (Å²) in [4.78, 5) is 2.16. The number of nitrogens with two attached hydrogens (primary N) is 1. The van der Waals surface area contributed by atoms with E-state index in [9.17, 15) is 13.2 Å². The van der Waals surface area contributed by atoms with E-state index >= 15 is 0 Å². The Morgan fingerprint density at radius 2 is 1.95 bits per heavy atom. The van der Waals surface area contributed by atoms with Crippen LogP contribution in [0.15, 0.2) is 24.3 Å². The van der Waals surface area contributed by atoms with Crippen LogP contribution >= 0.6 is 0 Å². The Bertz CT molecular complexity index is 459. The highest BCUT2D eigenvalue weighted by molar-refractivity contribution is 5.25. The summed E-state index contributed by atoms with van der Waals surface area (Å²) in [6.07, 6.45) is 0.300. The van der Waals surface area contributed by atoms with Crippen LogP contribution in [0, 0.1) is 5.92 Å². The Labute approximate surface area is 124 Å². The Morgan fingerprint density at radius 1 is 1.24 bits per heavy atom. The maximum Gasteiger partial charge on any atom is 0.416 e. The molecule has 21 heavy (non-hydrogen) atoms. The molecule has 0 radical (unpaired) electrons. The molecule has 2 unspecified atom stereocenters. The van der Waals surface area contributed by atoms with Gasteiger partial charge in [0.2, 0.25) is 0 Å². The van der Waals surface area contributed by atoms with Crippen LogP contribution < -0.4 is 5.73 Å². The van der Waals surface area contributed by atoms with E-state index in [-0.39, 0.29) is 0 Å². The van der Waals surface area contributed by atoms with Crippen molar-refractivity contribution >= 4 is 0 Å². The molecule has 1 fully saturated rings. The maximum absolute atomic E-state index is 12.7. The summed E-state index contributed by atoms with van der Waals surface area (Å²) >= 11 is 0. The van der Waals surface area contributed by atoms with Gasteiger partial charge in [-0.05, 0) is 44.0 Å². The van der Waals surface area contributed by atoms with E-state index in [4.69, 9.17) is 5.73 Å². The normalized spacial score (nSPS) is 23.5. The standard InChI is InChI=1S/C16H23F3N2/c1-21(15-8-3-2-6-13(15)10-20)11-12-5-4-7-14(9-12)16(17,18)19/h4-5,7,9,13,15H,2-3,6,8,10-11,20H2,1H3. The number of hydrogen-bond donors (Lipinski definition) is 1. The lowest BCUT2D eigenvalue weighted by atomic mass is 9.83. The van der Waals surface area contributed by atoms with Gasteiger partial charge in [0.05, 0.1) is 5.56 Å². The first-order valence-corrected chi connectivity index (χ1v) is 7.48. The number of hydrogen-bond acceptors (Lipinski definition) is 2. The third-order valence-corrected chi connectivity index (χ3v) is 4.42. The van der Waals surface area contributed by atoms with Crippen LogP contribution in [0.4, 0.5) is 13.2 Å². The summed E-state index contributed by atoms with van der Waals surface area (Å²) in [6, 6.07) is 5.97. The van der Waals surface area contributed by atoms with Crippen LogP contribution in [0.3, 0.4) is 0 Å². The molecule has 1 aliphatic rings. The van der Waals surface area contributed by atoms with Gasteiger partial charge in [-0.15, -0.1) is 0 Å². The van der Waals surface area contributed by atoms with Crippen molar-refractivity contribution < 1.29 is 13.2 Å². The average molecular weight is 300 g/mol. The molecule has 1 aromatic carbocycles. The van der Waals surface area contributed by atoms with E-state index < -0.39 is 11.7 Å². The first kappa shape index (κ1) is 16.3. The smallest absolute Gasteiger partial charge is 0.330 e. The molecule has 1 saturated carbocycles. The fourth-order valence-corrected chi connectivity index (χ4v) is 3.29. The molecule has 1 aromatic rings. The van der Waals surface area contributed by atoms with Gasteiger partial charge in [-0.3, -0.25) is 4.90 Å². The van der Waals surface area contributed by atoms with Crippen molar-refractivity contribution in [3.05, 3.63) is 35.4 Å². The Balaban J connectivity index is 2.06. The molecule has 2 N–H and O–H groups in total. The van der Waals surface area contributed by atoms with E-state index in [2.05, 4.69) is 4.90 Å². The summed E-state index contributed by atoms with van der Waals surface area (Å²) in [5, 5.41) is 0. The van der Waals surface area contributed by atoms with Crippen LogP contribution in [0.1, 0.15) is 36.8 Å². The van der Waals surface area contributed by atoms with Gasteiger partial charge < -0.3 is 5.73 Å². The fraction of sp³-hybridized carbons (Fsp3) is 0.625. The number of halogens is 3. The van der Waals surface area contributed by atoms with Crippen molar-refractivity contribution in [1.82, 2.24) is 4.90 Å². The van der Waals surface area contributed by atoms with Gasteiger partial charge in [0, 0.05) is 12.6 Å². The molecular formula is C16H23F3N2. The minimum absolute atomic E-state index is 0.373. The highest BCUT2D eigenvalue weighted by Crippen LogP contribution is 2.31. The highest BCUT2D eigenvalue weighted by atomic mass is 19.4. The van der Waals surface area contributed by atoms with Crippen molar-refractivity contribution in [3.8, 4) is 0 Å². The van der Waals surface area contributed by atoms with E-state index in [1.165, 1.54) is 25.0 Å². The predicted molar refractivity (Wildman–Crippen MR) is 77.7 cm³/mol. The molecule has 2 atom stereocenters. The quantitative estimate of drug-likeness (QED) is 0.919. The fourth-order valence-electron chi connectivity index (χ4n) is 3.29. The van der Waals surface area contributed by atoms with E-state index in [0.717, 1.165) is 18.9 Å². The van der Waals surface area contributed by atoms with Crippen molar-refractivity contribution in [3.63, 3.8) is 0 Å². The molecule has 0 amide bonds. The highest BCUT2D eigenvalue weighted by Gasteiger charge is 2.31. The molecule has 2 nitrogen and oxygen atoms in total. The van der Waals surface area contributed by atoms with E-state index in [1.807, 2.05) is 7.05 Å². The van der Waals surface area contributed by atoms with E-state index in [1.54, 1.807) is 6.07 Å². The van der Waals surface area contributed by atoms with Gasteiger partial charge in [-0.2, -0.15) is 13.2 Å². The number of rotatable bonds is 4. The largest absolute Gasteiger partial charge is 0.416 e. The molecule has 1 aliphatic carbocycles. The summed E-state index contributed by atoms with van der Waals surface area (Å²) < 4.78 is 38.2. The van der Waals surface area contributed by atoms with Crippen molar-refractivity contribution in [2.75, 3.05) is 13.6 Å². The summed E-state index contributed by atoms with van der Waals surface area (Å²) in [5.74, 6) is 0.453. The van der Waals surface area contributed by atoms with Crippen molar-refractivity contribution in [1.29, 1.82) is 0 Å². The van der Waals surface area contributed by atoms with Gasteiger partial charge in [-0.1, -0.05) is 31.0 Å². The first-order chi connectivity index (χ1) is 9.91. The van der Waals surface area contributed by atoms with Gasteiger partial charge in [0.1, 0.15) is 0 Å². The van der Waals surface area contributed by atoms with Crippen LogP contribution in [0.5, 0.6) is 0 Å². The molecule has 0 heterocycles. The minimum Gasteiger partial charge on any atom is -0.330 e. The second-order valence-electron chi connectivity index (χ2n) is 5.96. The number of alkyl halides is 3. The van der Waals surface area contributed by atoms with E-state index in [0.29, 0.717) is 30.6 Å². The Morgan fingerprint density at radius 3 is 2.62 bits per heavy atom. The molecule has 0 spiro atoms. The lowest BCUT2D eigenvalue weighted by Gasteiger charge is -2.37. The Kier molecular flexibility index (Phi) is 5.27. The van der Waals surface area contributed by atoms with Gasteiger partial charge in [0.15, 0.2) is 0 Å². The zero-order valence-corrected chi connectivity index (χ0v) is 12.4. The lowest BCUT2D eigenvalue weighted by Crippen LogP contribution is -2.42. The third-order valence-electron chi connectivity index (χ3n) is 4.42. The van der Waals surface area contributed by atoms with Crippen LogP contribution in [-0.4, -0.2) is 24.5 Å².